The Kier molecular flexibility index (Phi) is 5.16. The second-order valence-electron chi connectivity index (χ2n) is 7.02. The summed E-state index contributed by atoms with van der Waals surface area (Å²) in [6.45, 7) is 6.79. The molecule has 3 heterocycles. The normalized spacial score (nSPS) is 15.8. The molecule has 1 aromatic carbocycles. The molecule has 6 nitrogen and oxygen atoms in total. The van der Waals surface area contributed by atoms with E-state index in [0.717, 1.165) is 49.5 Å². The van der Waals surface area contributed by atoms with Crippen LogP contribution < -0.4 is 4.74 Å². The van der Waals surface area contributed by atoms with Gasteiger partial charge in [-0.25, -0.2) is 15.0 Å². The van der Waals surface area contributed by atoms with Crippen molar-refractivity contribution in [3.05, 3.63) is 59.7 Å². The van der Waals surface area contributed by atoms with Crippen LogP contribution in [0.15, 0.2) is 47.1 Å². The largest absolute Gasteiger partial charge is 0.460 e. The van der Waals surface area contributed by atoms with Crippen molar-refractivity contribution in [2.24, 2.45) is 0 Å². The van der Waals surface area contributed by atoms with E-state index in [1.54, 1.807) is 18.5 Å². The van der Waals surface area contributed by atoms with Gasteiger partial charge in [-0.15, -0.1) is 0 Å². The van der Waals surface area contributed by atoms with Gasteiger partial charge in [0.25, 0.3) is 0 Å². The summed E-state index contributed by atoms with van der Waals surface area (Å²) in [5, 5.41) is 0. The molecule has 140 valence electrons. The van der Waals surface area contributed by atoms with Crippen LogP contribution in [0.1, 0.15) is 29.9 Å². The van der Waals surface area contributed by atoms with Crippen LogP contribution in [0.25, 0.3) is 11.5 Å². The first-order valence-electron chi connectivity index (χ1n) is 9.37. The predicted molar refractivity (Wildman–Crippen MR) is 102 cm³/mol. The maximum atomic E-state index is 5.92. The number of likely N-dealkylation sites (tertiary alicyclic amines) is 1. The summed E-state index contributed by atoms with van der Waals surface area (Å²) in [5.74, 6) is 1.59. The van der Waals surface area contributed by atoms with E-state index < -0.39 is 0 Å². The van der Waals surface area contributed by atoms with Crippen LogP contribution in [0, 0.1) is 13.8 Å². The van der Waals surface area contributed by atoms with Crippen LogP contribution in [0.2, 0.25) is 0 Å². The Balaban J connectivity index is 1.35. The number of aromatic nitrogens is 3. The van der Waals surface area contributed by atoms with Crippen LogP contribution in [0.5, 0.6) is 6.01 Å². The molecule has 0 radical (unpaired) electrons. The van der Waals surface area contributed by atoms with Crippen molar-refractivity contribution < 1.29 is 9.15 Å². The first kappa shape index (κ1) is 17.7. The Morgan fingerprint density at radius 1 is 1.11 bits per heavy atom. The number of piperidine rings is 1. The van der Waals surface area contributed by atoms with E-state index >= 15 is 0 Å². The SMILES string of the molecule is Cc1cccc(-c2nc(CN3CCC(Oc4ncccn4)CC3)c(C)o2)c1. The summed E-state index contributed by atoms with van der Waals surface area (Å²) in [5.41, 5.74) is 3.24. The van der Waals surface area contributed by atoms with Gasteiger partial charge in [0.15, 0.2) is 0 Å². The summed E-state index contributed by atoms with van der Waals surface area (Å²) in [4.78, 5) is 15.4. The van der Waals surface area contributed by atoms with E-state index in [-0.39, 0.29) is 6.10 Å². The summed E-state index contributed by atoms with van der Waals surface area (Å²) in [7, 11) is 0. The lowest BCUT2D eigenvalue weighted by atomic mass is 10.1. The predicted octanol–water partition coefficient (Wildman–Crippen LogP) is 3.79. The number of oxazole rings is 1. The van der Waals surface area contributed by atoms with Gasteiger partial charge in [-0.1, -0.05) is 17.7 Å². The fraction of sp³-hybridized carbons (Fsp3) is 0.381. The number of ether oxygens (including phenoxy) is 1. The van der Waals surface area contributed by atoms with Crippen LogP contribution in [0.4, 0.5) is 0 Å². The number of rotatable bonds is 5. The average Bonchev–Trinajstić information content (AvgIpc) is 3.05. The van der Waals surface area contributed by atoms with E-state index in [9.17, 15) is 0 Å². The molecule has 0 aliphatic carbocycles. The lowest BCUT2D eigenvalue weighted by Gasteiger charge is -2.31. The Morgan fingerprint density at radius 2 is 1.89 bits per heavy atom. The zero-order valence-electron chi connectivity index (χ0n) is 15.8. The lowest BCUT2D eigenvalue weighted by Crippen LogP contribution is -2.38. The standard InChI is InChI=1S/C21H24N4O2/c1-15-5-3-6-17(13-15)20-24-19(16(2)26-20)14-25-11-7-18(8-12-25)27-21-22-9-4-10-23-21/h3-6,9-10,13,18H,7-8,11-12,14H2,1-2H3. The minimum atomic E-state index is 0.171. The lowest BCUT2D eigenvalue weighted by molar-refractivity contribution is 0.0885. The van der Waals surface area contributed by atoms with Gasteiger partial charge in [0, 0.05) is 37.6 Å². The molecule has 0 atom stereocenters. The molecule has 27 heavy (non-hydrogen) atoms. The highest BCUT2D eigenvalue weighted by Gasteiger charge is 2.23. The van der Waals surface area contributed by atoms with Crippen LogP contribution in [-0.2, 0) is 6.54 Å². The molecule has 1 fully saturated rings. The van der Waals surface area contributed by atoms with Crippen molar-refractivity contribution in [1.82, 2.24) is 19.9 Å². The van der Waals surface area contributed by atoms with Gasteiger partial charge in [0.2, 0.25) is 5.89 Å². The maximum Gasteiger partial charge on any atom is 0.316 e. The Bertz CT molecular complexity index is 886. The van der Waals surface area contributed by atoms with Gasteiger partial charge < -0.3 is 9.15 Å². The highest BCUT2D eigenvalue weighted by atomic mass is 16.5. The monoisotopic (exact) mass is 364 g/mol. The molecule has 1 aliphatic heterocycles. The number of aryl methyl sites for hydroxylation is 2. The summed E-state index contributed by atoms with van der Waals surface area (Å²) in [6.07, 6.45) is 5.50. The molecule has 1 saturated heterocycles. The summed E-state index contributed by atoms with van der Waals surface area (Å²) >= 11 is 0. The second kappa shape index (κ2) is 7.88. The Morgan fingerprint density at radius 3 is 2.63 bits per heavy atom. The van der Waals surface area contributed by atoms with E-state index in [2.05, 4.69) is 33.9 Å². The fourth-order valence-electron chi connectivity index (χ4n) is 3.37. The summed E-state index contributed by atoms with van der Waals surface area (Å²) < 4.78 is 11.8. The molecule has 0 saturated carbocycles. The van der Waals surface area contributed by atoms with Gasteiger partial charge in [0.1, 0.15) is 11.9 Å². The third-order valence-electron chi connectivity index (χ3n) is 4.88. The third-order valence-corrected chi connectivity index (χ3v) is 4.88. The highest BCUT2D eigenvalue weighted by Crippen LogP contribution is 2.24. The third kappa shape index (κ3) is 4.34. The molecule has 1 aliphatic rings. The Labute approximate surface area is 159 Å². The van der Waals surface area contributed by atoms with E-state index in [4.69, 9.17) is 14.1 Å². The van der Waals surface area contributed by atoms with Crippen LogP contribution in [-0.4, -0.2) is 39.0 Å². The zero-order chi connectivity index (χ0) is 18.6. The molecular weight excluding hydrogens is 340 g/mol. The smallest absolute Gasteiger partial charge is 0.316 e. The van der Waals surface area contributed by atoms with Crippen molar-refractivity contribution in [3.8, 4) is 17.5 Å². The number of benzene rings is 1. The van der Waals surface area contributed by atoms with Crippen LogP contribution >= 0.6 is 0 Å². The van der Waals surface area contributed by atoms with E-state index in [1.165, 1.54) is 5.56 Å². The van der Waals surface area contributed by atoms with Crippen LogP contribution in [0.3, 0.4) is 0 Å². The van der Waals surface area contributed by atoms with Crippen molar-refractivity contribution >= 4 is 0 Å². The van der Waals surface area contributed by atoms with Crippen molar-refractivity contribution in [2.75, 3.05) is 13.1 Å². The van der Waals surface area contributed by atoms with E-state index in [0.29, 0.717) is 11.9 Å². The minimum Gasteiger partial charge on any atom is -0.460 e. The van der Waals surface area contributed by atoms with Gasteiger partial charge in [-0.05, 0) is 44.9 Å². The molecule has 2 aromatic heterocycles. The topological polar surface area (TPSA) is 64.3 Å². The molecular formula is C21H24N4O2. The molecule has 0 amide bonds. The zero-order valence-corrected chi connectivity index (χ0v) is 15.8. The van der Waals surface area contributed by atoms with Gasteiger partial charge in [-0.3, -0.25) is 4.90 Å². The quantitative estimate of drug-likeness (QED) is 0.686. The minimum absolute atomic E-state index is 0.171. The molecule has 4 rings (SSSR count). The molecule has 6 heteroatoms. The number of hydrogen-bond acceptors (Lipinski definition) is 6. The highest BCUT2D eigenvalue weighted by molar-refractivity contribution is 5.54. The second-order valence-corrected chi connectivity index (χ2v) is 7.02. The molecule has 3 aromatic rings. The molecule has 0 N–H and O–H groups in total. The first-order valence-corrected chi connectivity index (χ1v) is 9.37. The van der Waals surface area contributed by atoms with Gasteiger partial charge >= 0.3 is 6.01 Å². The van der Waals surface area contributed by atoms with Crippen molar-refractivity contribution in [1.29, 1.82) is 0 Å². The van der Waals surface area contributed by atoms with Gasteiger partial charge in [0.05, 0.1) is 5.69 Å². The number of hydrogen-bond donors (Lipinski definition) is 0. The van der Waals surface area contributed by atoms with Crippen molar-refractivity contribution in [2.45, 2.75) is 39.3 Å². The average molecular weight is 364 g/mol. The molecule has 0 unspecified atom stereocenters. The maximum absolute atomic E-state index is 5.92. The Hall–Kier alpha value is -2.73. The fourth-order valence-corrected chi connectivity index (χ4v) is 3.37. The number of nitrogens with zero attached hydrogens (tertiary/aromatic N) is 4. The van der Waals surface area contributed by atoms with E-state index in [1.807, 2.05) is 19.1 Å². The van der Waals surface area contributed by atoms with Gasteiger partial charge in [-0.2, -0.15) is 0 Å². The molecule has 0 bridgehead atoms. The first-order chi connectivity index (χ1) is 13.2. The van der Waals surface area contributed by atoms with Crippen molar-refractivity contribution in [3.63, 3.8) is 0 Å². The molecule has 0 spiro atoms. The summed E-state index contributed by atoms with van der Waals surface area (Å²) in [6, 6.07) is 10.5.